The molecule has 5 heteroatoms. The van der Waals surface area contributed by atoms with Gasteiger partial charge in [0.2, 0.25) is 11.8 Å². The average Bonchev–Trinajstić information content (AvgIpc) is 2.99. The molecule has 0 aromatic carbocycles. The maximum Gasteiger partial charge on any atom is 0.239 e. The third-order valence-electron chi connectivity index (χ3n) is 4.83. The normalized spacial score (nSPS) is 26.5. The molecule has 0 radical (unpaired) electrons. The molecule has 0 aromatic heterocycles. The van der Waals surface area contributed by atoms with Crippen LogP contribution in [0.25, 0.3) is 0 Å². The van der Waals surface area contributed by atoms with Gasteiger partial charge in [-0.25, -0.2) is 0 Å². The van der Waals surface area contributed by atoms with Crippen LogP contribution in [0.1, 0.15) is 51.9 Å². The predicted octanol–water partition coefficient (Wildman–Crippen LogP) is 1.19. The molecule has 1 saturated carbocycles. The highest BCUT2D eigenvalue weighted by molar-refractivity contribution is 5.84. The standard InChI is InChI=1S/C16H29N3O2/c1-12-10-17-9-8-14(12)19-16(21)11-18-15(20)7-6-13-4-2-3-5-13/h12-14,17H,2-11H2,1H3,(H,18,20)(H,19,21). The Bertz CT molecular complexity index is 353. The molecule has 120 valence electrons. The summed E-state index contributed by atoms with van der Waals surface area (Å²) in [5, 5.41) is 9.08. The van der Waals surface area contributed by atoms with Crippen LogP contribution in [0, 0.1) is 11.8 Å². The Morgan fingerprint density at radius 1 is 1.14 bits per heavy atom. The minimum Gasteiger partial charge on any atom is -0.351 e. The molecule has 5 nitrogen and oxygen atoms in total. The van der Waals surface area contributed by atoms with E-state index in [9.17, 15) is 9.59 Å². The van der Waals surface area contributed by atoms with Crippen molar-refractivity contribution in [2.45, 2.75) is 57.9 Å². The lowest BCUT2D eigenvalue weighted by atomic mass is 9.95. The van der Waals surface area contributed by atoms with E-state index in [0.717, 1.165) is 31.8 Å². The zero-order chi connectivity index (χ0) is 15.1. The zero-order valence-electron chi connectivity index (χ0n) is 13.1. The second kappa shape index (κ2) is 8.37. The molecule has 2 rings (SSSR count). The largest absolute Gasteiger partial charge is 0.351 e. The van der Waals surface area contributed by atoms with E-state index in [1.807, 2.05) is 0 Å². The predicted molar refractivity (Wildman–Crippen MR) is 82.8 cm³/mol. The fraction of sp³-hybridized carbons (Fsp3) is 0.875. The van der Waals surface area contributed by atoms with Gasteiger partial charge < -0.3 is 16.0 Å². The SMILES string of the molecule is CC1CNCCC1NC(=O)CNC(=O)CCC1CCCC1. The number of amides is 2. The van der Waals surface area contributed by atoms with Gasteiger partial charge in [-0.05, 0) is 37.8 Å². The van der Waals surface area contributed by atoms with Crippen molar-refractivity contribution in [1.82, 2.24) is 16.0 Å². The van der Waals surface area contributed by atoms with Crippen LogP contribution < -0.4 is 16.0 Å². The molecule has 2 fully saturated rings. The summed E-state index contributed by atoms with van der Waals surface area (Å²) in [6, 6.07) is 0.231. The van der Waals surface area contributed by atoms with E-state index in [2.05, 4.69) is 22.9 Å². The topological polar surface area (TPSA) is 70.2 Å². The lowest BCUT2D eigenvalue weighted by molar-refractivity contribution is -0.126. The molecule has 1 heterocycles. The van der Waals surface area contributed by atoms with Crippen LogP contribution in [0.2, 0.25) is 0 Å². The first-order valence-corrected chi connectivity index (χ1v) is 8.42. The lowest BCUT2D eigenvalue weighted by Gasteiger charge is -2.30. The van der Waals surface area contributed by atoms with Crippen molar-refractivity contribution in [3.8, 4) is 0 Å². The fourth-order valence-electron chi connectivity index (χ4n) is 3.39. The van der Waals surface area contributed by atoms with Gasteiger partial charge in [-0.3, -0.25) is 9.59 Å². The number of carbonyl (C=O) groups is 2. The van der Waals surface area contributed by atoms with Crippen molar-refractivity contribution in [3.05, 3.63) is 0 Å². The molecule has 0 aromatic rings. The molecule has 0 bridgehead atoms. The van der Waals surface area contributed by atoms with Gasteiger partial charge in [0.1, 0.15) is 0 Å². The van der Waals surface area contributed by atoms with E-state index in [0.29, 0.717) is 12.3 Å². The van der Waals surface area contributed by atoms with Crippen LogP contribution in [0.3, 0.4) is 0 Å². The van der Waals surface area contributed by atoms with E-state index in [4.69, 9.17) is 0 Å². The Labute approximate surface area is 127 Å². The first-order valence-electron chi connectivity index (χ1n) is 8.42. The monoisotopic (exact) mass is 295 g/mol. The Morgan fingerprint density at radius 2 is 1.90 bits per heavy atom. The highest BCUT2D eigenvalue weighted by Crippen LogP contribution is 2.28. The van der Waals surface area contributed by atoms with Crippen LogP contribution in [0.15, 0.2) is 0 Å². The number of carbonyl (C=O) groups excluding carboxylic acids is 2. The van der Waals surface area contributed by atoms with Gasteiger partial charge in [0, 0.05) is 12.5 Å². The van der Waals surface area contributed by atoms with Gasteiger partial charge in [-0.2, -0.15) is 0 Å². The number of hydrogen-bond acceptors (Lipinski definition) is 3. The molecule has 1 saturated heterocycles. The van der Waals surface area contributed by atoms with Crippen molar-refractivity contribution < 1.29 is 9.59 Å². The summed E-state index contributed by atoms with van der Waals surface area (Å²) in [5.74, 6) is 1.11. The highest BCUT2D eigenvalue weighted by Gasteiger charge is 2.22. The van der Waals surface area contributed by atoms with E-state index in [1.54, 1.807) is 0 Å². The van der Waals surface area contributed by atoms with E-state index in [1.165, 1.54) is 25.7 Å². The molecular weight excluding hydrogens is 266 g/mol. The maximum absolute atomic E-state index is 11.9. The summed E-state index contributed by atoms with van der Waals surface area (Å²) in [4.78, 5) is 23.6. The Hall–Kier alpha value is -1.10. The Kier molecular flexibility index (Phi) is 6.49. The maximum atomic E-state index is 11.9. The van der Waals surface area contributed by atoms with Crippen LogP contribution in [-0.4, -0.2) is 37.5 Å². The molecular formula is C16H29N3O2. The molecule has 1 aliphatic carbocycles. The minimum atomic E-state index is -0.0667. The van der Waals surface area contributed by atoms with Crippen molar-refractivity contribution in [3.63, 3.8) is 0 Å². The third kappa shape index (κ3) is 5.65. The number of rotatable bonds is 6. The summed E-state index contributed by atoms with van der Waals surface area (Å²) in [5.41, 5.74) is 0. The summed E-state index contributed by atoms with van der Waals surface area (Å²) < 4.78 is 0. The average molecular weight is 295 g/mol. The molecule has 21 heavy (non-hydrogen) atoms. The second-order valence-electron chi connectivity index (χ2n) is 6.61. The number of piperidine rings is 1. The summed E-state index contributed by atoms with van der Waals surface area (Å²) >= 11 is 0. The molecule has 2 unspecified atom stereocenters. The fourth-order valence-corrected chi connectivity index (χ4v) is 3.39. The van der Waals surface area contributed by atoms with Crippen molar-refractivity contribution >= 4 is 11.8 Å². The van der Waals surface area contributed by atoms with E-state index in [-0.39, 0.29) is 24.4 Å². The van der Waals surface area contributed by atoms with Crippen molar-refractivity contribution in [2.24, 2.45) is 11.8 Å². The smallest absolute Gasteiger partial charge is 0.239 e. The molecule has 2 amide bonds. The van der Waals surface area contributed by atoms with E-state index < -0.39 is 0 Å². The molecule has 0 spiro atoms. The van der Waals surface area contributed by atoms with Gasteiger partial charge in [0.05, 0.1) is 6.54 Å². The van der Waals surface area contributed by atoms with Crippen molar-refractivity contribution in [2.75, 3.05) is 19.6 Å². The van der Waals surface area contributed by atoms with Crippen LogP contribution >= 0.6 is 0 Å². The first kappa shape index (κ1) is 16.3. The summed E-state index contributed by atoms with van der Waals surface area (Å²) in [7, 11) is 0. The molecule has 1 aliphatic heterocycles. The number of nitrogens with one attached hydrogen (secondary N) is 3. The van der Waals surface area contributed by atoms with Gasteiger partial charge >= 0.3 is 0 Å². The van der Waals surface area contributed by atoms with Crippen LogP contribution in [0.4, 0.5) is 0 Å². The van der Waals surface area contributed by atoms with Crippen LogP contribution in [0.5, 0.6) is 0 Å². The summed E-state index contributed by atoms with van der Waals surface area (Å²) in [6.45, 7) is 4.14. The lowest BCUT2D eigenvalue weighted by Crippen LogP contribution is -2.50. The van der Waals surface area contributed by atoms with E-state index >= 15 is 0 Å². The third-order valence-corrected chi connectivity index (χ3v) is 4.83. The first-order chi connectivity index (χ1) is 10.1. The molecule has 2 aliphatic rings. The van der Waals surface area contributed by atoms with Crippen LogP contribution in [-0.2, 0) is 9.59 Å². The van der Waals surface area contributed by atoms with Gasteiger partial charge in [-0.1, -0.05) is 32.6 Å². The summed E-state index contributed by atoms with van der Waals surface area (Å²) in [6.07, 6.45) is 7.64. The Balaban J connectivity index is 1.58. The molecule has 3 N–H and O–H groups in total. The Morgan fingerprint density at radius 3 is 2.62 bits per heavy atom. The zero-order valence-corrected chi connectivity index (χ0v) is 13.1. The second-order valence-corrected chi connectivity index (χ2v) is 6.61. The van der Waals surface area contributed by atoms with Crippen molar-refractivity contribution in [1.29, 1.82) is 0 Å². The van der Waals surface area contributed by atoms with Gasteiger partial charge in [-0.15, -0.1) is 0 Å². The van der Waals surface area contributed by atoms with Gasteiger partial charge in [0.15, 0.2) is 0 Å². The highest BCUT2D eigenvalue weighted by atomic mass is 16.2. The quantitative estimate of drug-likeness (QED) is 0.689. The molecule has 2 atom stereocenters. The number of hydrogen-bond donors (Lipinski definition) is 3. The van der Waals surface area contributed by atoms with Gasteiger partial charge in [0.25, 0.3) is 0 Å². The minimum absolute atomic E-state index is 0.00964.